The predicted molar refractivity (Wildman–Crippen MR) is 142 cm³/mol. The molecule has 0 aliphatic carbocycles. The summed E-state index contributed by atoms with van der Waals surface area (Å²) in [5.41, 5.74) is 1.04. The van der Waals surface area contributed by atoms with E-state index in [1.807, 2.05) is 12.1 Å². The lowest BCUT2D eigenvalue weighted by atomic mass is 9.95. The molecule has 196 valence electrons. The zero-order valence-electron chi connectivity index (χ0n) is 21.9. The van der Waals surface area contributed by atoms with Gasteiger partial charge >= 0.3 is 5.97 Å². The summed E-state index contributed by atoms with van der Waals surface area (Å²) < 4.78 is 24.4. The standard InChI is InChI=1S/C27H31N3O6S/c1-7-29(8-2)22-13-11-18(36-22)15-21-25(31)30-24(19-14-17(33-5)10-12-20(19)34-6)23(26(32)35-9-3)16(4)28-27(30)37-21/h10-15,24H,7-9H2,1-6H3/b21-15+. The number of carbonyl (C=O) groups is 1. The number of allylic oxidation sites excluding steroid dienone is 1. The van der Waals surface area contributed by atoms with Crippen molar-refractivity contribution in [1.29, 1.82) is 0 Å². The van der Waals surface area contributed by atoms with Crippen LogP contribution in [0.3, 0.4) is 0 Å². The summed E-state index contributed by atoms with van der Waals surface area (Å²) in [6.45, 7) is 9.40. The molecule has 1 unspecified atom stereocenters. The number of aromatic nitrogens is 1. The summed E-state index contributed by atoms with van der Waals surface area (Å²) >= 11 is 1.23. The number of benzene rings is 1. The number of thiazole rings is 1. The van der Waals surface area contributed by atoms with E-state index in [0.717, 1.165) is 19.0 Å². The highest BCUT2D eigenvalue weighted by Gasteiger charge is 2.35. The van der Waals surface area contributed by atoms with Gasteiger partial charge in [0, 0.05) is 30.8 Å². The fourth-order valence-electron chi connectivity index (χ4n) is 4.39. The molecule has 0 fully saturated rings. The molecule has 0 saturated heterocycles. The average molecular weight is 526 g/mol. The molecule has 0 amide bonds. The van der Waals surface area contributed by atoms with Gasteiger partial charge in [-0.1, -0.05) is 11.3 Å². The minimum atomic E-state index is -0.815. The number of hydrogen-bond donors (Lipinski definition) is 0. The molecule has 0 saturated carbocycles. The lowest BCUT2D eigenvalue weighted by Crippen LogP contribution is -2.40. The Morgan fingerprint density at radius 2 is 1.92 bits per heavy atom. The second-order valence-electron chi connectivity index (χ2n) is 8.26. The largest absolute Gasteiger partial charge is 0.497 e. The highest BCUT2D eigenvalue weighted by molar-refractivity contribution is 7.07. The second-order valence-corrected chi connectivity index (χ2v) is 9.27. The molecule has 9 nitrogen and oxygen atoms in total. The Labute approximate surface area is 218 Å². The van der Waals surface area contributed by atoms with Gasteiger partial charge in [-0.25, -0.2) is 9.79 Å². The number of methoxy groups -OCH3 is 2. The quantitative estimate of drug-likeness (QED) is 0.396. The molecule has 1 atom stereocenters. The average Bonchev–Trinajstić information content (AvgIpc) is 3.48. The van der Waals surface area contributed by atoms with E-state index in [1.165, 1.54) is 15.9 Å². The molecule has 0 N–H and O–H groups in total. The van der Waals surface area contributed by atoms with E-state index in [0.29, 0.717) is 37.9 Å². The van der Waals surface area contributed by atoms with E-state index < -0.39 is 12.0 Å². The Hall–Kier alpha value is -3.79. The van der Waals surface area contributed by atoms with Crippen molar-refractivity contribution in [2.75, 3.05) is 38.8 Å². The molecule has 4 rings (SSSR count). The van der Waals surface area contributed by atoms with Crippen LogP contribution in [0.2, 0.25) is 0 Å². The first kappa shape index (κ1) is 26.3. The fourth-order valence-corrected chi connectivity index (χ4v) is 5.42. The van der Waals surface area contributed by atoms with E-state index in [4.69, 9.17) is 18.6 Å². The van der Waals surface area contributed by atoms with Gasteiger partial charge in [-0.2, -0.15) is 0 Å². The molecule has 3 aromatic rings. The summed E-state index contributed by atoms with van der Waals surface area (Å²) in [6, 6.07) is 8.19. The number of nitrogens with zero attached hydrogens (tertiary/aromatic N) is 3. The van der Waals surface area contributed by atoms with Gasteiger partial charge in [0.25, 0.3) is 5.56 Å². The maximum absolute atomic E-state index is 13.8. The predicted octanol–water partition coefficient (Wildman–Crippen LogP) is 3.25. The summed E-state index contributed by atoms with van der Waals surface area (Å²) in [6.07, 6.45) is 1.71. The smallest absolute Gasteiger partial charge is 0.338 e. The maximum atomic E-state index is 13.8. The number of esters is 1. The number of rotatable bonds is 9. The Bertz CT molecular complexity index is 1510. The third-order valence-corrected chi connectivity index (χ3v) is 7.19. The van der Waals surface area contributed by atoms with E-state index in [2.05, 4.69) is 23.7 Å². The van der Waals surface area contributed by atoms with Gasteiger partial charge in [0.15, 0.2) is 10.7 Å². The Balaban J connectivity index is 1.94. The lowest BCUT2D eigenvalue weighted by molar-refractivity contribution is -0.139. The summed E-state index contributed by atoms with van der Waals surface area (Å²) in [5, 5.41) is 0. The number of ether oxygens (including phenoxy) is 3. The molecular weight excluding hydrogens is 494 g/mol. The molecule has 1 aromatic carbocycles. The van der Waals surface area contributed by atoms with Crippen LogP contribution in [-0.4, -0.2) is 44.5 Å². The topological polar surface area (TPSA) is 95.5 Å². The zero-order chi connectivity index (χ0) is 26.7. The normalized spacial score (nSPS) is 15.3. The van der Waals surface area contributed by atoms with Crippen LogP contribution in [0.5, 0.6) is 11.5 Å². The van der Waals surface area contributed by atoms with Crippen LogP contribution in [-0.2, 0) is 9.53 Å². The van der Waals surface area contributed by atoms with Crippen LogP contribution in [0.15, 0.2) is 55.8 Å². The first-order chi connectivity index (χ1) is 17.9. The molecule has 37 heavy (non-hydrogen) atoms. The van der Waals surface area contributed by atoms with E-state index in [9.17, 15) is 9.59 Å². The first-order valence-electron chi connectivity index (χ1n) is 12.1. The van der Waals surface area contributed by atoms with Crippen molar-refractivity contribution in [2.45, 2.75) is 33.7 Å². The third-order valence-electron chi connectivity index (χ3n) is 6.21. The molecule has 0 radical (unpaired) electrons. The van der Waals surface area contributed by atoms with E-state index in [1.54, 1.807) is 52.3 Å². The third kappa shape index (κ3) is 4.93. The van der Waals surface area contributed by atoms with Crippen molar-refractivity contribution >= 4 is 29.3 Å². The van der Waals surface area contributed by atoms with Crippen LogP contribution in [0.1, 0.15) is 45.1 Å². The highest BCUT2D eigenvalue weighted by Crippen LogP contribution is 2.37. The number of hydrogen-bond acceptors (Lipinski definition) is 9. The van der Waals surface area contributed by atoms with Crippen molar-refractivity contribution in [1.82, 2.24) is 4.57 Å². The number of furan rings is 1. The number of carbonyl (C=O) groups excluding carboxylic acids is 1. The Morgan fingerprint density at radius 3 is 2.57 bits per heavy atom. The van der Waals surface area contributed by atoms with Crippen molar-refractivity contribution in [3.8, 4) is 11.5 Å². The Kier molecular flexibility index (Phi) is 7.87. The van der Waals surface area contributed by atoms with Crippen molar-refractivity contribution in [3.63, 3.8) is 0 Å². The zero-order valence-corrected chi connectivity index (χ0v) is 22.7. The van der Waals surface area contributed by atoms with Crippen molar-refractivity contribution in [3.05, 3.63) is 72.6 Å². The molecular formula is C27H31N3O6S. The van der Waals surface area contributed by atoms with Gasteiger partial charge in [0.2, 0.25) is 0 Å². The lowest BCUT2D eigenvalue weighted by Gasteiger charge is -2.26. The fraction of sp³-hybridized carbons (Fsp3) is 0.370. The van der Waals surface area contributed by atoms with E-state index in [-0.39, 0.29) is 17.7 Å². The van der Waals surface area contributed by atoms with Gasteiger partial charge in [0.05, 0.1) is 36.6 Å². The van der Waals surface area contributed by atoms with Crippen LogP contribution in [0, 0.1) is 0 Å². The minimum absolute atomic E-state index is 0.190. The monoisotopic (exact) mass is 525 g/mol. The molecule has 2 aromatic heterocycles. The minimum Gasteiger partial charge on any atom is -0.497 e. The van der Waals surface area contributed by atoms with Gasteiger partial charge in [-0.15, -0.1) is 0 Å². The summed E-state index contributed by atoms with van der Waals surface area (Å²) in [7, 11) is 3.10. The Morgan fingerprint density at radius 1 is 1.16 bits per heavy atom. The molecule has 1 aliphatic rings. The van der Waals surface area contributed by atoms with Gasteiger partial charge < -0.3 is 23.5 Å². The highest BCUT2D eigenvalue weighted by atomic mass is 32.1. The summed E-state index contributed by atoms with van der Waals surface area (Å²) in [5.74, 6) is 1.83. The number of anilines is 1. The van der Waals surface area contributed by atoms with E-state index >= 15 is 0 Å². The van der Waals surface area contributed by atoms with Crippen LogP contribution >= 0.6 is 11.3 Å². The maximum Gasteiger partial charge on any atom is 0.338 e. The second kappa shape index (κ2) is 11.1. The van der Waals surface area contributed by atoms with Crippen LogP contribution in [0.4, 0.5) is 5.88 Å². The van der Waals surface area contributed by atoms with Crippen molar-refractivity contribution < 1.29 is 23.4 Å². The van der Waals surface area contributed by atoms with Gasteiger partial charge in [-0.05, 0) is 52.0 Å². The summed E-state index contributed by atoms with van der Waals surface area (Å²) in [4.78, 5) is 34.1. The van der Waals surface area contributed by atoms with Gasteiger partial charge in [0.1, 0.15) is 23.3 Å². The molecule has 10 heteroatoms. The SMILES string of the molecule is CCOC(=O)C1=C(C)N=c2s/c(=C/c3ccc(N(CC)CC)o3)c(=O)n2C1c1cc(OC)ccc1OC. The molecule has 1 aliphatic heterocycles. The van der Waals surface area contributed by atoms with Gasteiger partial charge in [-0.3, -0.25) is 9.36 Å². The number of fused-ring (bicyclic) bond motifs is 1. The first-order valence-corrected chi connectivity index (χ1v) is 12.9. The van der Waals surface area contributed by atoms with Crippen LogP contribution in [0.25, 0.3) is 6.08 Å². The van der Waals surface area contributed by atoms with Crippen molar-refractivity contribution in [2.24, 2.45) is 4.99 Å². The molecule has 3 heterocycles. The molecule has 0 spiro atoms. The molecule has 0 bridgehead atoms. The van der Waals surface area contributed by atoms with Crippen LogP contribution < -0.4 is 29.3 Å².